The van der Waals surface area contributed by atoms with E-state index in [2.05, 4.69) is 0 Å². The van der Waals surface area contributed by atoms with Gasteiger partial charge < -0.3 is 19.8 Å². The molecule has 1 saturated heterocycles. The number of piperidine rings is 1. The molecule has 1 aliphatic heterocycles. The number of ether oxygens (including phenoxy) is 1. The summed E-state index contributed by atoms with van der Waals surface area (Å²) in [7, 11) is 0. The van der Waals surface area contributed by atoms with Crippen LogP contribution in [0.2, 0.25) is 0 Å². The minimum atomic E-state index is -0.997. The van der Waals surface area contributed by atoms with Gasteiger partial charge in [-0.3, -0.25) is 4.79 Å². The molecule has 148 valence electrons. The number of aliphatic hydroxyl groups excluding tert-OH is 1. The Labute approximate surface area is 160 Å². The van der Waals surface area contributed by atoms with Crippen molar-refractivity contribution in [2.24, 2.45) is 0 Å². The smallest absolute Gasteiger partial charge is 0.329 e. The Kier molecular flexibility index (Phi) is 9.01. The second kappa shape index (κ2) is 11.5. The summed E-state index contributed by atoms with van der Waals surface area (Å²) >= 11 is 0. The number of aliphatic carboxylic acids is 1. The maximum Gasteiger partial charge on any atom is 0.329 e. The molecule has 0 spiro atoms. The van der Waals surface area contributed by atoms with Crippen molar-refractivity contribution in [1.82, 2.24) is 4.90 Å². The van der Waals surface area contributed by atoms with Crippen molar-refractivity contribution in [3.8, 4) is 0 Å². The van der Waals surface area contributed by atoms with Crippen molar-refractivity contribution < 1.29 is 24.5 Å². The van der Waals surface area contributed by atoms with Gasteiger partial charge in [-0.1, -0.05) is 42.5 Å². The Bertz CT molecular complexity index is 616. The molecule has 0 aliphatic carbocycles. The molecule has 2 N–H and O–H groups in total. The average molecular weight is 375 g/mol. The Hall–Kier alpha value is -2.18. The number of carbonyl (C=O) groups excluding carboxylic acids is 1. The Morgan fingerprint density at radius 2 is 2.07 bits per heavy atom. The second-order valence-electron chi connectivity index (χ2n) is 6.89. The van der Waals surface area contributed by atoms with Gasteiger partial charge >= 0.3 is 5.97 Å². The first-order valence-electron chi connectivity index (χ1n) is 9.52. The highest BCUT2D eigenvalue weighted by Crippen LogP contribution is 2.23. The molecule has 1 aromatic rings. The second-order valence-corrected chi connectivity index (χ2v) is 6.89. The fraction of sp³-hybridized carbons (Fsp3) is 0.524. The first-order chi connectivity index (χ1) is 13.1. The Balaban J connectivity index is 1.77. The van der Waals surface area contributed by atoms with Gasteiger partial charge in [0.2, 0.25) is 5.91 Å². The Morgan fingerprint density at radius 1 is 1.30 bits per heavy atom. The highest BCUT2D eigenvalue weighted by Gasteiger charge is 2.27. The van der Waals surface area contributed by atoms with Gasteiger partial charge in [0.15, 0.2) is 0 Å². The van der Waals surface area contributed by atoms with Gasteiger partial charge in [-0.05, 0) is 37.7 Å². The van der Waals surface area contributed by atoms with E-state index in [4.69, 9.17) is 9.84 Å². The number of carbonyl (C=O) groups is 2. The normalized spacial score (nSPS) is 18.8. The molecule has 2 rings (SSSR count). The monoisotopic (exact) mass is 375 g/mol. The van der Waals surface area contributed by atoms with Crippen LogP contribution in [0, 0.1) is 0 Å². The standard InChI is InChI=1S/C21H29NO5/c23-19(15-17-7-2-1-3-8-17)12-11-18-9-6-10-20(24)22(18)13-4-5-14-27-16-21(25)26/h1-5,7-8,18-19,23H,6,9-16H2,(H,25,26)/t18-,19?/m1/s1. The van der Waals surface area contributed by atoms with Crippen LogP contribution in [0.25, 0.3) is 0 Å². The molecule has 0 aromatic heterocycles. The van der Waals surface area contributed by atoms with Crippen LogP contribution in [0.1, 0.15) is 37.7 Å². The molecule has 1 unspecified atom stereocenters. The van der Waals surface area contributed by atoms with Crippen LogP contribution in [-0.4, -0.2) is 58.9 Å². The number of rotatable bonds is 11. The van der Waals surface area contributed by atoms with Crippen LogP contribution >= 0.6 is 0 Å². The van der Waals surface area contributed by atoms with Crippen LogP contribution in [-0.2, 0) is 20.7 Å². The Morgan fingerprint density at radius 3 is 2.81 bits per heavy atom. The molecule has 27 heavy (non-hydrogen) atoms. The molecule has 1 amide bonds. The minimum Gasteiger partial charge on any atom is -0.480 e. The molecular formula is C21H29NO5. The first kappa shape index (κ1) is 21.1. The summed E-state index contributed by atoms with van der Waals surface area (Å²) in [6, 6.07) is 10.1. The van der Waals surface area contributed by atoms with Gasteiger partial charge in [-0.25, -0.2) is 4.79 Å². The molecule has 0 radical (unpaired) electrons. The van der Waals surface area contributed by atoms with Crippen LogP contribution in [0.3, 0.4) is 0 Å². The van der Waals surface area contributed by atoms with Crippen molar-refractivity contribution in [2.75, 3.05) is 19.8 Å². The lowest BCUT2D eigenvalue weighted by Gasteiger charge is -2.35. The van der Waals surface area contributed by atoms with Crippen LogP contribution < -0.4 is 0 Å². The number of hydrogen-bond donors (Lipinski definition) is 2. The fourth-order valence-corrected chi connectivity index (χ4v) is 3.39. The van der Waals surface area contributed by atoms with Gasteiger partial charge in [0.25, 0.3) is 0 Å². The molecule has 6 nitrogen and oxygen atoms in total. The topological polar surface area (TPSA) is 87.1 Å². The number of likely N-dealkylation sites (tertiary alicyclic amines) is 1. The molecule has 1 aliphatic rings. The van der Waals surface area contributed by atoms with Crippen LogP contribution in [0.15, 0.2) is 42.5 Å². The lowest BCUT2D eigenvalue weighted by molar-refractivity contribution is -0.141. The molecule has 1 heterocycles. The highest BCUT2D eigenvalue weighted by molar-refractivity contribution is 5.77. The predicted molar refractivity (Wildman–Crippen MR) is 102 cm³/mol. The number of nitrogens with zero attached hydrogens (tertiary/aromatic N) is 1. The van der Waals surface area contributed by atoms with E-state index in [-0.39, 0.29) is 25.2 Å². The summed E-state index contributed by atoms with van der Waals surface area (Å²) in [5.41, 5.74) is 1.12. The number of hydrogen-bond acceptors (Lipinski definition) is 4. The summed E-state index contributed by atoms with van der Waals surface area (Å²) in [5.74, 6) is -0.858. The van der Waals surface area contributed by atoms with Crippen molar-refractivity contribution in [1.29, 1.82) is 0 Å². The largest absolute Gasteiger partial charge is 0.480 e. The maximum atomic E-state index is 12.3. The lowest BCUT2D eigenvalue weighted by atomic mass is 9.94. The third-order valence-corrected chi connectivity index (χ3v) is 4.74. The summed E-state index contributed by atoms with van der Waals surface area (Å²) in [6.45, 7) is 0.387. The third-order valence-electron chi connectivity index (χ3n) is 4.74. The molecule has 0 bridgehead atoms. The quantitative estimate of drug-likeness (QED) is 0.458. The van der Waals surface area contributed by atoms with Crippen molar-refractivity contribution in [3.05, 3.63) is 48.0 Å². The highest BCUT2D eigenvalue weighted by atomic mass is 16.5. The van der Waals surface area contributed by atoms with E-state index in [1.807, 2.05) is 41.3 Å². The first-order valence-corrected chi connectivity index (χ1v) is 9.52. The molecule has 6 heteroatoms. The van der Waals surface area contributed by atoms with Crippen LogP contribution in [0.4, 0.5) is 0 Å². The number of aliphatic hydroxyl groups is 1. The molecular weight excluding hydrogens is 346 g/mol. The molecule has 2 atom stereocenters. The van der Waals surface area contributed by atoms with E-state index >= 15 is 0 Å². The van der Waals surface area contributed by atoms with Crippen LogP contribution in [0.5, 0.6) is 0 Å². The minimum absolute atomic E-state index is 0.139. The van der Waals surface area contributed by atoms with E-state index in [1.165, 1.54) is 0 Å². The van der Waals surface area contributed by atoms with Gasteiger partial charge in [-0.15, -0.1) is 0 Å². The summed E-state index contributed by atoms with van der Waals surface area (Å²) in [6.07, 6.45) is 7.65. The van der Waals surface area contributed by atoms with Crippen molar-refractivity contribution in [2.45, 2.75) is 50.7 Å². The van der Waals surface area contributed by atoms with Gasteiger partial charge in [0.1, 0.15) is 6.61 Å². The van der Waals surface area contributed by atoms with Crippen molar-refractivity contribution >= 4 is 11.9 Å². The van der Waals surface area contributed by atoms with Gasteiger partial charge in [0, 0.05) is 19.0 Å². The van der Waals surface area contributed by atoms with E-state index < -0.39 is 12.1 Å². The lowest BCUT2D eigenvalue weighted by Crippen LogP contribution is -2.44. The van der Waals surface area contributed by atoms with Gasteiger partial charge in [0.05, 0.1) is 12.7 Å². The zero-order valence-corrected chi connectivity index (χ0v) is 15.6. The predicted octanol–water partition coefficient (Wildman–Crippen LogP) is 2.41. The summed E-state index contributed by atoms with van der Waals surface area (Å²) < 4.78 is 4.95. The number of carboxylic acids is 1. The van der Waals surface area contributed by atoms with E-state index in [1.54, 1.807) is 6.08 Å². The van der Waals surface area contributed by atoms with E-state index in [0.717, 1.165) is 24.8 Å². The molecule has 0 saturated carbocycles. The van der Waals surface area contributed by atoms with E-state index in [0.29, 0.717) is 25.8 Å². The summed E-state index contributed by atoms with van der Waals surface area (Å²) in [4.78, 5) is 24.5. The summed E-state index contributed by atoms with van der Waals surface area (Å²) in [5, 5.41) is 18.8. The SMILES string of the molecule is O=C(O)COCC=CCN1C(=O)CCC[C@@H]1CCC(O)Cc1ccccc1. The molecule has 1 aromatic carbocycles. The van der Waals surface area contributed by atoms with Crippen molar-refractivity contribution in [3.63, 3.8) is 0 Å². The average Bonchev–Trinajstić information content (AvgIpc) is 2.65. The zero-order chi connectivity index (χ0) is 19.5. The zero-order valence-electron chi connectivity index (χ0n) is 15.6. The third kappa shape index (κ3) is 7.93. The number of carboxylic acid groups (broad SMARTS) is 1. The maximum absolute atomic E-state index is 12.3. The number of benzene rings is 1. The number of amides is 1. The van der Waals surface area contributed by atoms with E-state index in [9.17, 15) is 14.7 Å². The van der Waals surface area contributed by atoms with Gasteiger partial charge in [-0.2, -0.15) is 0 Å². The fourth-order valence-electron chi connectivity index (χ4n) is 3.39. The molecule has 1 fully saturated rings.